The number of carbonyl (C=O) groups excluding carboxylic acids is 1. The molecule has 3 rings (SSSR count). The number of hydrogen-bond acceptors (Lipinski definition) is 8. The second-order valence-electron chi connectivity index (χ2n) is 6.19. The highest BCUT2D eigenvalue weighted by atomic mass is 32.2. The van der Waals surface area contributed by atoms with Gasteiger partial charge in [-0.25, -0.2) is 16.8 Å². The van der Waals surface area contributed by atoms with Crippen molar-refractivity contribution >= 4 is 53.2 Å². The number of para-hydroxylation sites is 1. The Morgan fingerprint density at radius 1 is 0.900 bits per heavy atom. The molecule has 10 nitrogen and oxygen atoms in total. The van der Waals surface area contributed by atoms with Crippen LogP contribution in [0.3, 0.4) is 0 Å². The molecule has 13 heteroatoms. The third-order valence-corrected chi connectivity index (χ3v) is 6.56. The first-order valence-electron chi connectivity index (χ1n) is 8.35. The van der Waals surface area contributed by atoms with Gasteiger partial charge in [-0.15, -0.1) is 10.2 Å². The molecule has 0 aliphatic heterocycles. The Hall–Kier alpha value is -3.03. The van der Waals surface area contributed by atoms with E-state index in [1.54, 1.807) is 31.2 Å². The highest BCUT2D eigenvalue weighted by Crippen LogP contribution is 2.22. The standard InChI is InChI=1S/C17H17N5O5S3/c1-11-5-3-4-6-14(11)21-30(26,27)13-9-7-12(8-10-13)15(23)18-16-19-20-17(28-16)22-29(2,24)25/h3-10,21H,1-2H3,(H,20,22)(H,18,19,23). The lowest BCUT2D eigenvalue weighted by Crippen LogP contribution is -2.15. The van der Waals surface area contributed by atoms with Crippen molar-refractivity contribution in [1.29, 1.82) is 0 Å². The maximum atomic E-state index is 12.6. The minimum atomic E-state index is -3.82. The number of nitrogens with zero attached hydrogens (tertiary/aromatic N) is 2. The molecule has 0 spiro atoms. The average molecular weight is 468 g/mol. The Kier molecular flexibility index (Phi) is 6.05. The molecule has 1 amide bonds. The lowest BCUT2D eigenvalue weighted by Gasteiger charge is -2.10. The van der Waals surface area contributed by atoms with Crippen LogP contribution in [0.2, 0.25) is 0 Å². The summed E-state index contributed by atoms with van der Waals surface area (Å²) < 4.78 is 52.2. The molecular weight excluding hydrogens is 450 g/mol. The van der Waals surface area contributed by atoms with Crippen molar-refractivity contribution in [1.82, 2.24) is 10.2 Å². The van der Waals surface area contributed by atoms with Gasteiger partial charge in [-0.1, -0.05) is 29.5 Å². The zero-order valence-electron chi connectivity index (χ0n) is 15.8. The molecule has 0 saturated carbocycles. The largest absolute Gasteiger partial charge is 0.296 e. The Labute approximate surface area is 177 Å². The first-order valence-corrected chi connectivity index (χ1v) is 12.5. The van der Waals surface area contributed by atoms with Crippen LogP contribution in [0.5, 0.6) is 0 Å². The minimum Gasteiger partial charge on any atom is -0.296 e. The normalized spacial score (nSPS) is 11.7. The highest BCUT2D eigenvalue weighted by molar-refractivity contribution is 7.92. The zero-order valence-corrected chi connectivity index (χ0v) is 18.2. The summed E-state index contributed by atoms with van der Waals surface area (Å²) in [6.45, 7) is 1.79. The molecule has 3 N–H and O–H groups in total. The maximum absolute atomic E-state index is 12.6. The number of rotatable bonds is 7. The third kappa shape index (κ3) is 5.52. The van der Waals surface area contributed by atoms with E-state index >= 15 is 0 Å². The van der Waals surface area contributed by atoms with Crippen molar-refractivity contribution in [3.8, 4) is 0 Å². The lowest BCUT2D eigenvalue weighted by atomic mass is 10.2. The predicted octanol–water partition coefficient (Wildman–Crippen LogP) is 2.27. The Morgan fingerprint density at radius 3 is 2.17 bits per heavy atom. The van der Waals surface area contributed by atoms with Gasteiger partial charge in [-0.3, -0.25) is 19.6 Å². The number of amides is 1. The number of hydrogen-bond donors (Lipinski definition) is 3. The number of aromatic nitrogens is 2. The van der Waals surface area contributed by atoms with Crippen LogP contribution in [0.15, 0.2) is 53.4 Å². The van der Waals surface area contributed by atoms with Crippen LogP contribution in [-0.2, 0) is 20.0 Å². The predicted molar refractivity (Wildman–Crippen MR) is 115 cm³/mol. The molecule has 0 radical (unpaired) electrons. The summed E-state index contributed by atoms with van der Waals surface area (Å²) >= 11 is 0.842. The second kappa shape index (κ2) is 8.38. The van der Waals surface area contributed by atoms with E-state index in [4.69, 9.17) is 0 Å². The monoisotopic (exact) mass is 467 g/mol. The van der Waals surface area contributed by atoms with Gasteiger partial charge < -0.3 is 0 Å². The second-order valence-corrected chi connectivity index (χ2v) is 10.6. The molecule has 30 heavy (non-hydrogen) atoms. The van der Waals surface area contributed by atoms with Crippen LogP contribution in [0.25, 0.3) is 0 Å². The fraction of sp³-hybridized carbons (Fsp3) is 0.118. The van der Waals surface area contributed by atoms with Gasteiger partial charge in [0.25, 0.3) is 15.9 Å². The van der Waals surface area contributed by atoms with Crippen molar-refractivity contribution in [3.63, 3.8) is 0 Å². The van der Waals surface area contributed by atoms with E-state index in [0.717, 1.165) is 23.2 Å². The van der Waals surface area contributed by atoms with E-state index < -0.39 is 26.0 Å². The summed E-state index contributed by atoms with van der Waals surface area (Å²) in [5.41, 5.74) is 1.44. The number of sulfonamides is 2. The van der Waals surface area contributed by atoms with Gasteiger partial charge in [-0.05, 0) is 42.8 Å². The number of anilines is 3. The molecule has 0 aliphatic rings. The zero-order chi connectivity index (χ0) is 21.9. The third-order valence-electron chi connectivity index (χ3n) is 3.73. The summed E-state index contributed by atoms with van der Waals surface area (Å²) in [5, 5.41) is 9.87. The Bertz CT molecular complexity index is 1290. The molecule has 158 valence electrons. The van der Waals surface area contributed by atoms with E-state index in [2.05, 4.69) is 25.0 Å². The van der Waals surface area contributed by atoms with Gasteiger partial charge in [0.1, 0.15) is 0 Å². The van der Waals surface area contributed by atoms with Crippen LogP contribution in [0, 0.1) is 6.92 Å². The molecule has 1 heterocycles. The van der Waals surface area contributed by atoms with Crippen LogP contribution in [0.1, 0.15) is 15.9 Å². The lowest BCUT2D eigenvalue weighted by molar-refractivity contribution is 0.102. The van der Waals surface area contributed by atoms with Crippen molar-refractivity contribution in [3.05, 3.63) is 59.7 Å². The van der Waals surface area contributed by atoms with E-state index in [0.29, 0.717) is 5.69 Å². The van der Waals surface area contributed by atoms with Crippen molar-refractivity contribution < 1.29 is 21.6 Å². The molecule has 3 aromatic rings. The highest BCUT2D eigenvalue weighted by Gasteiger charge is 2.17. The van der Waals surface area contributed by atoms with E-state index in [-0.39, 0.29) is 20.7 Å². The number of aryl methyl sites for hydroxylation is 1. The molecule has 1 aromatic heterocycles. The molecule has 2 aromatic carbocycles. The van der Waals surface area contributed by atoms with Crippen molar-refractivity contribution in [2.75, 3.05) is 21.0 Å². The molecular formula is C17H17N5O5S3. The smallest absolute Gasteiger partial charge is 0.261 e. The SMILES string of the molecule is Cc1ccccc1NS(=O)(=O)c1ccc(C(=O)Nc2nnc(NS(C)(=O)=O)s2)cc1. The van der Waals surface area contributed by atoms with Crippen LogP contribution in [-0.4, -0.2) is 39.2 Å². The number of nitrogens with one attached hydrogen (secondary N) is 3. The first kappa shape index (κ1) is 21.7. The average Bonchev–Trinajstić information content (AvgIpc) is 3.08. The van der Waals surface area contributed by atoms with Crippen LogP contribution >= 0.6 is 11.3 Å². The van der Waals surface area contributed by atoms with E-state index in [9.17, 15) is 21.6 Å². The molecule has 0 bridgehead atoms. The molecule has 0 atom stereocenters. The molecule has 0 saturated heterocycles. The summed E-state index contributed by atoms with van der Waals surface area (Å²) in [5.74, 6) is -0.548. The Balaban J connectivity index is 1.70. The quantitative estimate of drug-likeness (QED) is 0.483. The van der Waals surface area contributed by atoms with Gasteiger partial charge in [0.05, 0.1) is 16.8 Å². The summed E-state index contributed by atoms with van der Waals surface area (Å²) in [6, 6.07) is 12.3. The van der Waals surface area contributed by atoms with Crippen LogP contribution in [0.4, 0.5) is 16.0 Å². The van der Waals surface area contributed by atoms with Gasteiger partial charge in [0, 0.05) is 5.56 Å². The van der Waals surface area contributed by atoms with Crippen LogP contribution < -0.4 is 14.8 Å². The molecule has 0 unspecified atom stereocenters. The minimum absolute atomic E-state index is 0.00198. The first-order chi connectivity index (χ1) is 14.0. The van der Waals surface area contributed by atoms with E-state index in [1.807, 2.05) is 0 Å². The van der Waals surface area contributed by atoms with Gasteiger partial charge in [-0.2, -0.15) is 0 Å². The molecule has 0 aliphatic carbocycles. The van der Waals surface area contributed by atoms with Crippen molar-refractivity contribution in [2.45, 2.75) is 11.8 Å². The van der Waals surface area contributed by atoms with Gasteiger partial charge in [0.15, 0.2) is 0 Å². The summed E-state index contributed by atoms with van der Waals surface area (Å²) in [4.78, 5) is 12.3. The molecule has 0 fully saturated rings. The summed E-state index contributed by atoms with van der Waals surface area (Å²) in [7, 11) is -7.32. The van der Waals surface area contributed by atoms with E-state index in [1.165, 1.54) is 24.3 Å². The van der Waals surface area contributed by atoms with Crippen molar-refractivity contribution in [2.24, 2.45) is 0 Å². The number of benzene rings is 2. The van der Waals surface area contributed by atoms with Gasteiger partial charge in [0.2, 0.25) is 20.3 Å². The van der Waals surface area contributed by atoms with Gasteiger partial charge >= 0.3 is 0 Å². The maximum Gasteiger partial charge on any atom is 0.261 e. The topological polar surface area (TPSA) is 147 Å². The fourth-order valence-corrected chi connectivity index (χ4v) is 4.92. The number of carbonyl (C=O) groups is 1. The Morgan fingerprint density at radius 2 is 1.53 bits per heavy atom. The summed E-state index contributed by atoms with van der Waals surface area (Å²) in [6.07, 6.45) is 0.968. The fourth-order valence-electron chi connectivity index (χ4n) is 2.32.